The molecule has 1 N–H and O–H groups in total. The Balaban J connectivity index is 2.12. The SMILES string of the molecule is OC1(c2cc(Cl)c3c(c2)CCO3)CC1. The van der Waals surface area contributed by atoms with Gasteiger partial charge >= 0.3 is 0 Å². The third-order valence-electron chi connectivity index (χ3n) is 3.00. The molecule has 1 aromatic rings. The zero-order valence-corrected chi connectivity index (χ0v) is 8.47. The summed E-state index contributed by atoms with van der Waals surface area (Å²) in [5.41, 5.74) is 1.49. The van der Waals surface area contributed by atoms with E-state index in [-0.39, 0.29) is 0 Å². The molecule has 1 aliphatic carbocycles. The van der Waals surface area contributed by atoms with E-state index in [0.29, 0.717) is 11.6 Å². The lowest BCUT2D eigenvalue weighted by Crippen LogP contribution is -2.04. The first-order chi connectivity index (χ1) is 6.69. The lowest BCUT2D eigenvalue weighted by molar-refractivity contribution is 0.151. The van der Waals surface area contributed by atoms with E-state index in [1.807, 2.05) is 12.1 Å². The molecule has 3 heteroatoms. The maximum Gasteiger partial charge on any atom is 0.141 e. The van der Waals surface area contributed by atoms with Crippen LogP contribution in [-0.4, -0.2) is 11.7 Å². The van der Waals surface area contributed by atoms with Gasteiger partial charge in [0.2, 0.25) is 0 Å². The summed E-state index contributed by atoms with van der Waals surface area (Å²) >= 11 is 6.07. The molecule has 1 fully saturated rings. The van der Waals surface area contributed by atoms with Crippen molar-refractivity contribution in [2.75, 3.05) is 6.61 Å². The molecule has 0 radical (unpaired) electrons. The number of hydrogen-bond donors (Lipinski definition) is 1. The lowest BCUT2D eigenvalue weighted by Gasteiger charge is -2.10. The molecule has 0 atom stereocenters. The molecule has 1 saturated carbocycles. The van der Waals surface area contributed by atoms with Crippen LogP contribution in [0.4, 0.5) is 0 Å². The Morgan fingerprint density at radius 2 is 2.14 bits per heavy atom. The van der Waals surface area contributed by atoms with E-state index in [1.165, 1.54) is 0 Å². The Kier molecular flexibility index (Phi) is 1.62. The van der Waals surface area contributed by atoms with Crippen LogP contribution in [0, 0.1) is 0 Å². The number of halogens is 1. The molecule has 0 bridgehead atoms. The Morgan fingerprint density at radius 3 is 2.86 bits per heavy atom. The molecular weight excluding hydrogens is 200 g/mol. The second-order valence-corrected chi connectivity index (χ2v) is 4.48. The van der Waals surface area contributed by atoms with Gasteiger partial charge in [-0.05, 0) is 36.1 Å². The van der Waals surface area contributed by atoms with Gasteiger partial charge in [-0.3, -0.25) is 0 Å². The van der Waals surface area contributed by atoms with E-state index in [1.54, 1.807) is 0 Å². The molecule has 0 saturated heterocycles. The Labute approximate surface area is 87.5 Å². The number of benzene rings is 1. The molecule has 0 unspecified atom stereocenters. The van der Waals surface area contributed by atoms with Gasteiger partial charge in [0.1, 0.15) is 5.75 Å². The molecule has 0 amide bonds. The quantitative estimate of drug-likeness (QED) is 0.771. The van der Waals surface area contributed by atoms with Gasteiger partial charge in [-0.25, -0.2) is 0 Å². The monoisotopic (exact) mass is 210 g/mol. The predicted molar refractivity (Wildman–Crippen MR) is 53.8 cm³/mol. The molecule has 1 aliphatic heterocycles. The Bertz CT molecular complexity index is 397. The summed E-state index contributed by atoms with van der Waals surface area (Å²) in [6, 6.07) is 3.86. The predicted octanol–water partition coefficient (Wildman–Crippen LogP) is 2.26. The van der Waals surface area contributed by atoms with Crippen molar-refractivity contribution in [3.63, 3.8) is 0 Å². The van der Waals surface area contributed by atoms with E-state index in [0.717, 1.165) is 36.1 Å². The standard InChI is InChI=1S/C11H11ClO2/c12-9-6-8(11(13)2-3-11)5-7-1-4-14-10(7)9/h5-6,13H,1-4H2. The molecule has 2 aliphatic rings. The van der Waals surface area contributed by atoms with E-state index >= 15 is 0 Å². The number of hydrogen-bond acceptors (Lipinski definition) is 2. The van der Waals surface area contributed by atoms with Crippen molar-refractivity contribution in [2.24, 2.45) is 0 Å². The van der Waals surface area contributed by atoms with E-state index in [9.17, 15) is 5.11 Å². The van der Waals surface area contributed by atoms with Crippen molar-refractivity contribution in [2.45, 2.75) is 24.9 Å². The maximum atomic E-state index is 9.96. The zero-order valence-electron chi connectivity index (χ0n) is 7.72. The summed E-state index contributed by atoms with van der Waals surface area (Å²) in [6.45, 7) is 0.705. The largest absolute Gasteiger partial charge is 0.491 e. The average Bonchev–Trinajstić information content (AvgIpc) is 2.75. The fourth-order valence-electron chi connectivity index (χ4n) is 1.94. The van der Waals surface area contributed by atoms with Crippen LogP contribution < -0.4 is 4.74 Å². The number of aliphatic hydroxyl groups is 1. The molecule has 0 aromatic heterocycles. The number of fused-ring (bicyclic) bond motifs is 1. The first-order valence-corrected chi connectivity index (χ1v) is 5.25. The smallest absolute Gasteiger partial charge is 0.141 e. The highest BCUT2D eigenvalue weighted by molar-refractivity contribution is 6.32. The number of rotatable bonds is 1. The molecule has 0 spiro atoms. The van der Waals surface area contributed by atoms with E-state index in [4.69, 9.17) is 16.3 Å². The highest BCUT2D eigenvalue weighted by Gasteiger charge is 2.43. The Morgan fingerprint density at radius 1 is 1.36 bits per heavy atom. The van der Waals surface area contributed by atoms with Gasteiger partial charge in [0, 0.05) is 6.42 Å². The van der Waals surface area contributed by atoms with Gasteiger partial charge in [-0.2, -0.15) is 0 Å². The first-order valence-electron chi connectivity index (χ1n) is 4.87. The van der Waals surface area contributed by atoms with Crippen LogP contribution in [0.5, 0.6) is 5.75 Å². The topological polar surface area (TPSA) is 29.5 Å². The van der Waals surface area contributed by atoms with Crippen LogP contribution in [0.2, 0.25) is 5.02 Å². The van der Waals surface area contributed by atoms with Crippen LogP contribution >= 0.6 is 11.6 Å². The van der Waals surface area contributed by atoms with Crippen LogP contribution in [0.25, 0.3) is 0 Å². The van der Waals surface area contributed by atoms with Crippen LogP contribution in [0.3, 0.4) is 0 Å². The van der Waals surface area contributed by atoms with E-state index in [2.05, 4.69) is 0 Å². The third kappa shape index (κ3) is 1.14. The summed E-state index contributed by atoms with van der Waals surface area (Å²) in [5.74, 6) is 0.805. The molecule has 1 aromatic carbocycles. The summed E-state index contributed by atoms with van der Waals surface area (Å²) in [7, 11) is 0. The van der Waals surface area contributed by atoms with Crippen molar-refractivity contribution in [1.82, 2.24) is 0 Å². The average molecular weight is 211 g/mol. The summed E-state index contributed by atoms with van der Waals surface area (Å²) in [4.78, 5) is 0. The molecule has 2 nitrogen and oxygen atoms in total. The minimum absolute atomic E-state index is 0.596. The second kappa shape index (κ2) is 2.65. The molecular formula is C11H11ClO2. The highest BCUT2D eigenvalue weighted by Crippen LogP contribution is 2.48. The fraction of sp³-hybridized carbons (Fsp3) is 0.455. The number of ether oxygens (including phenoxy) is 1. The second-order valence-electron chi connectivity index (χ2n) is 4.08. The first kappa shape index (κ1) is 8.57. The zero-order chi connectivity index (χ0) is 9.76. The van der Waals surface area contributed by atoms with Crippen molar-refractivity contribution >= 4 is 11.6 Å². The van der Waals surface area contributed by atoms with Crippen LogP contribution in [0.15, 0.2) is 12.1 Å². The molecule has 14 heavy (non-hydrogen) atoms. The molecule has 1 heterocycles. The summed E-state index contributed by atoms with van der Waals surface area (Å²) in [6.07, 6.45) is 2.60. The van der Waals surface area contributed by atoms with E-state index < -0.39 is 5.60 Å². The van der Waals surface area contributed by atoms with Crippen molar-refractivity contribution in [1.29, 1.82) is 0 Å². The highest BCUT2D eigenvalue weighted by atomic mass is 35.5. The minimum atomic E-state index is -0.596. The molecule has 74 valence electrons. The van der Waals surface area contributed by atoms with Gasteiger partial charge in [-0.15, -0.1) is 0 Å². The lowest BCUT2D eigenvalue weighted by atomic mass is 10.0. The van der Waals surface area contributed by atoms with Gasteiger partial charge in [-0.1, -0.05) is 11.6 Å². The molecule has 3 rings (SSSR count). The normalized spacial score (nSPS) is 21.6. The summed E-state index contributed by atoms with van der Waals surface area (Å²) < 4.78 is 5.40. The van der Waals surface area contributed by atoms with Crippen LogP contribution in [-0.2, 0) is 12.0 Å². The fourth-order valence-corrected chi connectivity index (χ4v) is 2.23. The van der Waals surface area contributed by atoms with Gasteiger partial charge < -0.3 is 9.84 Å². The van der Waals surface area contributed by atoms with Crippen molar-refractivity contribution in [3.8, 4) is 5.75 Å². The third-order valence-corrected chi connectivity index (χ3v) is 3.28. The van der Waals surface area contributed by atoms with Crippen molar-refractivity contribution in [3.05, 3.63) is 28.3 Å². The van der Waals surface area contributed by atoms with Crippen molar-refractivity contribution < 1.29 is 9.84 Å². The van der Waals surface area contributed by atoms with Gasteiger partial charge in [0.25, 0.3) is 0 Å². The summed E-state index contributed by atoms with van der Waals surface area (Å²) in [5, 5.41) is 10.6. The maximum absolute atomic E-state index is 9.96. The van der Waals surface area contributed by atoms with Gasteiger partial charge in [0.15, 0.2) is 0 Å². The van der Waals surface area contributed by atoms with Gasteiger partial charge in [0.05, 0.1) is 17.2 Å². The van der Waals surface area contributed by atoms with Crippen LogP contribution in [0.1, 0.15) is 24.0 Å². The Hall–Kier alpha value is -0.730. The minimum Gasteiger partial charge on any atom is -0.491 e.